The molecule has 0 aliphatic carbocycles. The summed E-state index contributed by atoms with van der Waals surface area (Å²) in [6, 6.07) is 7.19. The Hall–Kier alpha value is -2.74. The fourth-order valence-corrected chi connectivity index (χ4v) is 1.72. The van der Waals surface area contributed by atoms with Gasteiger partial charge in [-0.3, -0.25) is 9.59 Å². The van der Waals surface area contributed by atoms with E-state index in [1.165, 1.54) is 6.20 Å². The number of hydrogen-bond acceptors (Lipinski definition) is 5. The Balaban J connectivity index is 2.05. The number of aromatic nitrogens is 3. The van der Waals surface area contributed by atoms with Crippen molar-refractivity contribution in [3.63, 3.8) is 0 Å². The molecule has 1 amide bonds. The van der Waals surface area contributed by atoms with Crippen LogP contribution >= 0.6 is 0 Å². The molecule has 0 spiro atoms. The number of nitrogens with zero attached hydrogens (tertiary/aromatic N) is 3. The second-order valence-corrected chi connectivity index (χ2v) is 4.28. The molecule has 8 nitrogen and oxygen atoms in total. The Morgan fingerprint density at radius 2 is 2.24 bits per heavy atom. The molecule has 21 heavy (non-hydrogen) atoms. The number of nitrogens with one attached hydrogen (secondary N) is 1. The highest BCUT2D eigenvalue weighted by Crippen LogP contribution is 2.12. The number of aliphatic carboxylic acids is 1. The molecule has 0 aliphatic heterocycles. The molecular formula is C13H14N4O4. The van der Waals surface area contributed by atoms with E-state index in [1.54, 1.807) is 25.3 Å². The number of carboxylic acid groups (broad SMARTS) is 1. The second-order valence-electron chi connectivity index (χ2n) is 4.28. The number of rotatable bonds is 6. The van der Waals surface area contributed by atoms with Crippen LogP contribution in [0.4, 0.5) is 5.69 Å². The van der Waals surface area contributed by atoms with Gasteiger partial charge < -0.3 is 15.2 Å². The Kier molecular flexibility index (Phi) is 4.62. The van der Waals surface area contributed by atoms with Crippen LogP contribution in [0, 0.1) is 0 Å². The summed E-state index contributed by atoms with van der Waals surface area (Å²) in [5.74, 6) is -1.51. The minimum absolute atomic E-state index is 0.0494. The fraction of sp³-hybridized carbons (Fsp3) is 0.231. The summed E-state index contributed by atoms with van der Waals surface area (Å²) in [6.45, 7) is 0.0993. The predicted octanol–water partition coefficient (Wildman–Crippen LogP) is 0.761. The topological polar surface area (TPSA) is 106 Å². The van der Waals surface area contributed by atoms with Gasteiger partial charge in [-0.2, -0.15) is 0 Å². The zero-order valence-corrected chi connectivity index (χ0v) is 11.3. The normalized spacial score (nSPS) is 10.3. The van der Waals surface area contributed by atoms with Crippen molar-refractivity contribution in [1.82, 2.24) is 15.0 Å². The van der Waals surface area contributed by atoms with E-state index >= 15 is 0 Å². The average molecular weight is 290 g/mol. The van der Waals surface area contributed by atoms with Crippen LogP contribution in [0.25, 0.3) is 0 Å². The van der Waals surface area contributed by atoms with Crippen molar-refractivity contribution in [1.29, 1.82) is 0 Å². The summed E-state index contributed by atoms with van der Waals surface area (Å²) in [7, 11) is 1.59. The summed E-state index contributed by atoms with van der Waals surface area (Å²) in [5, 5.41) is 18.5. The lowest BCUT2D eigenvalue weighted by Gasteiger charge is -2.05. The van der Waals surface area contributed by atoms with Gasteiger partial charge in [-0.25, -0.2) is 4.68 Å². The largest absolute Gasteiger partial charge is 0.480 e. The summed E-state index contributed by atoms with van der Waals surface area (Å²) in [4.78, 5) is 22.5. The van der Waals surface area contributed by atoms with Crippen LogP contribution in [0.1, 0.15) is 16.1 Å². The van der Waals surface area contributed by atoms with E-state index in [1.807, 2.05) is 6.07 Å². The van der Waals surface area contributed by atoms with Crippen molar-refractivity contribution in [2.24, 2.45) is 0 Å². The monoisotopic (exact) mass is 290 g/mol. The first-order chi connectivity index (χ1) is 10.1. The SMILES string of the molecule is COCc1cccc(NC(=O)c2cn(CC(=O)O)nn2)c1. The molecule has 0 fully saturated rings. The third kappa shape index (κ3) is 4.11. The van der Waals surface area contributed by atoms with Crippen LogP contribution in [-0.2, 0) is 22.7 Å². The number of amides is 1. The van der Waals surface area contributed by atoms with Gasteiger partial charge in [0.05, 0.1) is 12.8 Å². The highest BCUT2D eigenvalue weighted by Gasteiger charge is 2.12. The number of carbonyl (C=O) groups excluding carboxylic acids is 1. The standard InChI is InChI=1S/C13H14N4O4/c1-21-8-9-3-2-4-10(5-9)14-13(20)11-6-17(16-15-11)7-12(18)19/h2-6H,7-8H2,1H3,(H,14,20)(H,18,19). The first kappa shape index (κ1) is 14.7. The number of hydrogen-bond donors (Lipinski definition) is 2. The number of carboxylic acids is 1. The first-order valence-electron chi connectivity index (χ1n) is 6.09. The lowest BCUT2D eigenvalue weighted by atomic mass is 10.2. The Labute approximate surface area is 120 Å². The number of benzene rings is 1. The van der Waals surface area contributed by atoms with Crippen molar-refractivity contribution < 1.29 is 19.4 Å². The quantitative estimate of drug-likeness (QED) is 0.813. The molecule has 0 saturated heterocycles. The van der Waals surface area contributed by atoms with Crippen LogP contribution in [-0.4, -0.2) is 39.1 Å². The molecule has 2 rings (SSSR count). The molecule has 1 aromatic carbocycles. The van der Waals surface area contributed by atoms with Gasteiger partial charge >= 0.3 is 5.97 Å². The molecule has 1 aromatic heterocycles. The fourth-order valence-electron chi connectivity index (χ4n) is 1.72. The van der Waals surface area contributed by atoms with Crippen molar-refractivity contribution in [2.75, 3.05) is 12.4 Å². The van der Waals surface area contributed by atoms with E-state index < -0.39 is 11.9 Å². The molecule has 110 valence electrons. The molecule has 0 atom stereocenters. The molecule has 2 N–H and O–H groups in total. The van der Waals surface area contributed by atoms with Crippen LogP contribution in [0.15, 0.2) is 30.5 Å². The molecule has 2 aromatic rings. The third-order valence-corrected chi connectivity index (χ3v) is 2.56. The zero-order chi connectivity index (χ0) is 15.2. The summed E-state index contributed by atoms with van der Waals surface area (Å²) < 4.78 is 6.10. The van der Waals surface area contributed by atoms with Gasteiger partial charge in [-0.15, -0.1) is 5.10 Å². The van der Waals surface area contributed by atoms with E-state index in [4.69, 9.17) is 9.84 Å². The Morgan fingerprint density at radius 1 is 1.43 bits per heavy atom. The van der Waals surface area contributed by atoms with Crippen LogP contribution < -0.4 is 5.32 Å². The minimum atomic E-state index is -1.06. The van der Waals surface area contributed by atoms with Gasteiger partial charge in [-0.1, -0.05) is 17.3 Å². The molecule has 0 aliphatic rings. The van der Waals surface area contributed by atoms with E-state index in [-0.39, 0.29) is 12.2 Å². The number of carbonyl (C=O) groups is 2. The van der Waals surface area contributed by atoms with E-state index in [0.29, 0.717) is 12.3 Å². The lowest BCUT2D eigenvalue weighted by molar-refractivity contribution is -0.137. The summed E-state index contributed by atoms with van der Waals surface area (Å²) in [5.41, 5.74) is 1.57. The third-order valence-electron chi connectivity index (χ3n) is 2.56. The molecule has 8 heteroatoms. The van der Waals surface area contributed by atoms with Gasteiger partial charge in [-0.05, 0) is 17.7 Å². The molecule has 0 saturated carbocycles. The zero-order valence-electron chi connectivity index (χ0n) is 11.3. The van der Waals surface area contributed by atoms with Crippen molar-refractivity contribution in [2.45, 2.75) is 13.2 Å². The predicted molar refractivity (Wildman–Crippen MR) is 72.8 cm³/mol. The molecule has 0 bridgehead atoms. The minimum Gasteiger partial charge on any atom is -0.480 e. The van der Waals surface area contributed by atoms with E-state index in [9.17, 15) is 9.59 Å². The Bertz CT molecular complexity index is 653. The van der Waals surface area contributed by atoms with Gasteiger partial charge in [0.2, 0.25) is 0 Å². The molecule has 0 radical (unpaired) electrons. The summed E-state index contributed by atoms with van der Waals surface area (Å²) >= 11 is 0. The average Bonchev–Trinajstić information content (AvgIpc) is 2.87. The smallest absolute Gasteiger partial charge is 0.325 e. The maximum atomic E-state index is 12.0. The van der Waals surface area contributed by atoms with Gasteiger partial charge in [0.15, 0.2) is 5.69 Å². The van der Waals surface area contributed by atoms with E-state index in [2.05, 4.69) is 15.6 Å². The van der Waals surface area contributed by atoms with Crippen molar-refractivity contribution >= 4 is 17.6 Å². The molecule has 1 heterocycles. The number of methoxy groups -OCH3 is 1. The highest BCUT2D eigenvalue weighted by atomic mass is 16.5. The van der Waals surface area contributed by atoms with Gasteiger partial charge in [0, 0.05) is 12.8 Å². The van der Waals surface area contributed by atoms with Crippen LogP contribution in [0.2, 0.25) is 0 Å². The first-order valence-corrected chi connectivity index (χ1v) is 6.09. The molecular weight excluding hydrogens is 276 g/mol. The van der Waals surface area contributed by atoms with Crippen LogP contribution in [0.5, 0.6) is 0 Å². The number of ether oxygens (including phenoxy) is 1. The highest BCUT2D eigenvalue weighted by molar-refractivity contribution is 6.02. The van der Waals surface area contributed by atoms with Crippen LogP contribution in [0.3, 0.4) is 0 Å². The van der Waals surface area contributed by atoms with Gasteiger partial charge in [0.1, 0.15) is 6.54 Å². The lowest BCUT2D eigenvalue weighted by Crippen LogP contribution is -2.13. The summed E-state index contributed by atoms with van der Waals surface area (Å²) in [6.07, 6.45) is 1.28. The van der Waals surface area contributed by atoms with Gasteiger partial charge in [0.25, 0.3) is 5.91 Å². The maximum Gasteiger partial charge on any atom is 0.325 e. The second kappa shape index (κ2) is 6.62. The van der Waals surface area contributed by atoms with E-state index in [0.717, 1.165) is 10.2 Å². The molecule has 0 unspecified atom stereocenters. The maximum absolute atomic E-state index is 12.0. The Morgan fingerprint density at radius 3 is 2.95 bits per heavy atom. The van der Waals surface area contributed by atoms with Crippen molar-refractivity contribution in [3.8, 4) is 0 Å². The van der Waals surface area contributed by atoms with Crippen molar-refractivity contribution in [3.05, 3.63) is 41.7 Å². The number of anilines is 1.